The van der Waals surface area contributed by atoms with E-state index in [0.717, 1.165) is 11.1 Å². The molecule has 0 radical (unpaired) electrons. The van der Waals surface area contributed by atoms with Gasteiger partial charge < -0.3 is 15.2 Å². The van der Waals surface area contributed by atoms with Crippen LogP contribution in [0.2, 0.25) is 0 Å². The van der Waals surface area contributed by atoms with Crippen LogP contribution in [0.1, 0.15) is 34.8 Å². The number of ether oxygens (including phenoxy) is 1. The summed E-state index contributed by atoms with van der Waals surface area (Å²) in [5, 5.41) is 12.9. The summed E-state index contributed by atoms with van der Waals surface area (Å²) < 4.78 is 4.93. The lowest BCUT2D eigenvalue weighted by molar-refractivity contribution is 0.0243. The second-order valence-electron chi connectivity index (χ2n) is 5.19. The topological polar surface area (TPSA) is 58.6 Å². The zero-order valence-corrected chi connectivity index (χ0v) is 12.1. The van der Waals surface area contributed by atoms with Gasteiger partial charge in [0, 0.05) is 32.2 Å². The summed E-state index contributed by atoms with van der Waals surface area (Å²) in [6.45, 7) is 6.18. The number of carbonyl (C=O) groups excluding carboxylic acids is 1. The molecule has 0 aromatic heterocycles. The summed E-state index contributed by atoms with van der Waals surface area (Å²) in [5.74, 6) is -0.145. The Morgan fingerprint density at radius 3 is 2.47 bits per heavy atom. The van der Waals surface area contributed by atoms with Crippen LogP contribution in [0.3, 0.4) is 0 Å². The predicted octanol–water partition coefficient (Wildman–Crippen LogP) is 1.82. The molecule has 1 rings (SSSR count). The molecule has 0 heterocycles. The van der Waals surface area contributed by atoms with Gasteiger partial charge in [0.25, 0.3) is 5.91 Å². The van der Waals surface area contributed by atoms with Crippen LogP contribution in [0, 0.1) is 13.8 Å². The fourth-order valence-corrected chi connectivity index (χ4v) is 1.94. The molecule has 2 N–H and O–H groups in total. The molecule has 0 saturated carbocycles. The van der Waals surface area contributed by atoms with Gasteiger partial charge in [0.1, 0.15) is 0 Å². The standard InChI is InChI=1S/C15H23NO3/c1-11-6-5-7-12(2)13(11)14(17)16-10-15(3,18)8-9-19-4/h5-7,18H,8-10H2,1-4H3,(H,16,17). The van der Waals surface area contributed by atoms with E-state index in [-0.39, 0.29) is 12.5 Å². The maximum atomic E-state index is 12.2. The van der Waals surface area contributed by atoms with E-state index in [2.05, 4.69) is 5.32 Å². The van der Waals surface area contributed by atoms with Gasteiger partial charge in [-0.2, -0.15) is 0 Å². The Balaban J connectivity index is 2.66. The van der Waals surface area contributed by atoms with Gasteiger partial charge in [0.05, 0.1) is 5.60 Å². The van der Waals surface area contributed by atoms with E-state index in [9.17, 15) is 9.90 Å². The average molecular weight is 265 g/mol. The zero-order valence-electron chi connectivity index (χ0n) is 12.1. The summed E-state index contributed by atoms with van der Waals surface area (Å²) in [6, 6.07) is 5.74. The Morgan fingerprint density at radius 1 is 1.37 bits per heavy atom. The molecular formula is C15H23NO3. The van der Waals surface area contributed by atoms with Crippen LogP contribution in [-0.2, 0) is 4.74 Å². The summed E-state index contributed by atoms with van der Waals surface area (Å²) in [4.78, 5) is 12.2. The third-order valence-electron chi connectivity index (χ3n) is 3.18. The molecule has 4 heteroatoms. The van der Waals surface area contributed by atoms with E-state index < -0.39 is 5.60 Å². The summed E-state index contributed by atoms with van der Waals surface area (Å²) in [6.07, 6.45) is 0.483. The highest BCUT2D eigenvalue weighted by molar-refractivity contribution is 5.97. The average Bonchev–Trinajstić information content (AvgIpc) is 2.34. The van der Waals surface area contributed by atoms with Crippen molar-refractivity contribution >= 4 is 5.91 Å². The number of hydrogen-bond acceptors (Lipinski definition) is 3. The third-order valence-corrected chi connectivity index (χ3v) is 3.18. The third kappa shape index (κ3) is 4.65. The van der Waals surface area contributed by atoms with E-state index in [1.165, 1.54) is 0 Å². The van der Waals surface area contributed by atoms with Gasteiger partial charge in [-0.05, 0) is 31.9 Å². The number of aryl methyl sites for hydroxylation is 2. The second kappa shape index (κ2) is 6.68. The minimum Gasteiger partial charge on any atom is -0.388 e. The number of hydrogen-bond donors (Lipinski definition) is 2. The second-order valence-corrected chi connectivity index (χ2v) is 5.19. The summed E-state index contributed by atoms with van der Waals surface area (Å²) >= 11 is 0. The van der Waals surface area contributed by atoms with Crippen molar-refractivity contribution in [3.05, 3.63) is 34.9 Å². The van der Waals surface area contributed by atoms with Gasteiger partial charge in [-0.15, -0.1) is 0 Å². The van der Waals surface area contributed by atoms with Gasteiger partial charge in [0.15, 0.2) is 0 Å². The van der Waals surface area contributed by atoms with Gasteiger partial charge in [0.2, 0.25) is 0 Å². The van der Waals surface area contributed by atoms with Crippen molar-refractivity contribution in [3.8, 4) is 0 Å². The first-order valence-corrected chi connectivity index (χ1v) is 6.43. The maximum Gasteiger partial charge on any atom is 0.251 e. The van der Waals surface area contributed by atoms with Crippen LogP contribution in [0.25, 0.3) is 0 Å². The first-order chi connectivity index (χ1) is 8.87. The molecule has 0 aliphatic heterocycles. The molecule has 4 nitrogen and oxygen atoms in total. The number of nitrogens with one attached hydrogen (secondary N) is 1. The van der Waals surface area contributed by atoms with Gasteiger partial charge >= 0.3 is 0 Å². The monoisotopic (exact) mass is 265 g/mol. The number of benzene rings is 1. The highest BCUT2D eigenvalue weighted by Crippen LogP contribution is 2.14. The Hall–Kier alpha value is -1.39. The van der Waals surface area contributed by atoms with Crippen molar-refractivity contribution in [1.82, 2.24) is 5.32 Å². The number of amides is 1. The highest BCUT2D eigenvalue weighted by Gasteiger charge is 2.22. The Morgan fingerprint density at radius 2 is 1.95 bits per heavy atom. The molecule has 0 bridgehead atoms. The van der Waals surface area contributed by atoms with E-state index in [0.29, 0.717) is 18.6 Å². The van der Waals surface area contributed by atoms with Crippen molar-refractivity contribution in [1.29, 1.82) is 0 Å². The lowest BCUT2D eigenvalue weighted by atomic mass is 10.0. The highest BCUT2D eigenvalue weighted by atomic mass is 16.5. The van der Waals surface area contributed by atoms with E-state index in [1.54, 1.807) is 14.0 Å². The molecule has 0 aliphatic carbocycles. The van der Waals surface area contributed by atoms with Crippen molar-refractivity contribution < 1.29 is 14.6 Å². The number of carbonyl (C=O) groups is 1. The molecule has 1 aromatic rings. The first-order valence-electron chi connectivity index (χ1n) is 6.43. The smallest absolute Gasteiger partial charge is 0.251 e. The van der Waals surface area contributed by atoms with Crippen LogP contribution in [-0.4, -0.2) is 36.9 Å². The Kier molecular flexibility index (Phi) is 5.51. The van der Waals surface area contributed by atoms with Crippen LogP contribution in [0.4, 0.5) is 0 Å². The molecule has 1 amide bonds. The predicted molar refractivity (Wildman–Crippen MR) is 75.4 cm³/mol. The molecule has 1 unspecified atom stereocenters. The van der Waals surface area contributed by atoms with E-state index in [4.69, 9.17) is 4.74 Å². The van der Waals surface area contributed by atoms with E-state index in [1.807, 2.05) is 32.0 Å². The number of aliphatic hydroxyl groups is 1. The number of rotatable bonds is 6. The molecule has 1 aromatic carbocycles. The fraction of sp³-hybridized carbons (Fsp3) is 0.533. The molecule has 19 heavy (non-hydrogen) atoms. The van der Waals surface area contributed by atoms with Crippen LogP contribution >= 0.6 is 0 Å². The molecular weight excluding hydrogens is 242 g/mol. The SMILES string of the molecule is COCCC(C)(O)CNC(=O)c1c(C)cccc1C. The number of methoxy groups -OCH3 is 1. The molecule has 0 fully saturated rings. The van der Waals surface area contributed by atoms with Gasteiger partial charge in [-0.1, -0.05) is 18.2 Å². The summed E-state index contributed by atoms with van der Waals surface area (Å²) in [7, 11) is 1.59. The van der Waals surface area contributed by atoms with Gasteiger partial charge in [-0.3, -0.25) is 4.79 Å². The van der Waals surface area contributed by atoms with Gasteiger partial charge in [-0.25, -0.2) is 0 Å². The normalized spacial score (nSPS) is 13.9. The fourth-order valence-electron chi connectivity index (χ4n) is 1.94. The zero-order chi connectivity index (χ0) is 14.5. The van der Waals surface area contributed by atoms with Crippen molar-refractivity contribution in [2.24, 2.45) is 0 Å². The van der Waals surface area contributed by atoms with Crippen molar-refractivity contribution in [2.75, 3.05) is 20.3 Å². The van der Waals surface area contributed by atoms with Crippen LogP contribution < -0.4 is 5.32 Å². The summed E-state index contributed by atoms with van der Waals surface area (Å²) in [5.41, 5.74) is 1.61. The minimum absolute atomic E-state index is 0.145. The maximum absolute atomic E-state index is 12.2. The lowest BCUT2D eigenvalue weighted by Crippen LogP contribution is -2.41. The lowest BCUT2D eigenvalue weighted by Gasteiger charge is -2.23. The minimum atomic E-state index is -0.956. The van der Waals surface area contributed by atoms with Crippen molar-refractivity contribution in [3.63, 3.8) is 0 Å². The first kappa shape index (κ1) is 15.7. The van der Waals surface area contributed by atoms with E-state index >= 15 is 0 Å². The quantitative estimate of drug-likeness (QED) is 0.825. The molecule has 1 atom stereocenters. The van der Waals surface area contributed by atoms with Crippen molar-refractivity contribution in [2.45, 2.75) is 32.8 Å². The Bertz CT molecular complexity index is 421. The molecule has 106 valence electrons. The molecule has 0 saturated heterocycles. The largest absolute Gasteiger partial charge is 0.388 e. The Labute approximate surface area is 114 Å². The molecule has 0 aliphatic rings. The molecule has 0 spiro atoms. The van der Waals surface area contributed by atoms with Crippen LogP contribution in [0.15, 0.2) is 18.2 Å². The van der Waals surface area contributed by atoms with Crippen LogP contribution in [0.5, 0.6) is 0 Å².